The number of halogens is 1. The van der Waals surface area contributed by atoms with Gasteiger partial charge < -0.3 is 10.4 Å². The third-order valence-electron chi connectivity index (χ3n) is 3.85. The third kappa shape index (κ3) is 3.25. The van der Waals surface area contributed by atoms with E-state index in [1.54, 1.807) is 18.2 Å². The zero-order valence-electron chi connectivity index (χ0n) is 12.1. The normalized spacial score (nSPS) is 19.8. The van der Waals surface area contributed by atoms with Crippen LogP contribution in [0, 0.1) is 0 Å². The highest BCUT2D eigenvalue weighted by atomic mass is 79.9. The van der Waals surface area contributed by atoms with Gasteiger partial charge in [-0.05, 0) is 35.0 Å². The lowest BCUT2D eigenvalue weighted by Crippen LogP contribution is -2.55. The number of hydrogen-bond acceptors (Lipinski definition) is 4. The molecule has 23 heavy (non-hydrogen) atoms. The summed E-state index contributed by atoms with van der Waals surface area (Å²) in [5.41, 5.74) is 0. The Balaban J connectivity index is 1.95. The van der Waals surface area contributed by atoms with Gasteiger partial charge in [-0.25, -0.2) is 8.42 Å². The molecule has 0 bridgehead atoms. The molecule has 2 aromatic rings. The quantitative estimate of drug-likeness (QED) is 0.820. The Labute approximate surface area is 142 Å². The third-order valence-corrected chi connectivity index (χ3v) is 6.20. The summed E-state index contributed by atoms with van der Waals surface area (Å²) in [5.74, 6) is -1.05. The Bertz CT molecular complexity index is 869. The van der Waals surface area contributed by atoms with E-state index in [0.29, 0.717) is 6.54 Å². The lowest BCUT2D eigenvalue weighted by molar-refractivity contribution is -0.140. The number of benzene rings is 2. The van der Waals surface area contributed by atoms with Crippen molar-refractivity contribution < 1.29 is 18.3 Å². The second kappa shape index (κ2) is 6.20. The second-order valence-corrected chi connectivity index (χ2v) is 8.21. The molecular formula is C15H15BrN2O4S. The highest BCUT2D eigenvalue weighted by molar-refractivity contribution is 9.10. The molecule has 0 aliphatic carbocycles. The molecule has 0 amide bonds. The van der Waals surface area contributed by atoms with Crippen LogP contribution in [-0.4, -0.2) is 49.5 Å². The van der Waals surface area contributed by atoms with Crippen LogP contribution in [0.5, 0.6) is 0 Å². The summed E-state index contributed by atoms with van der Waals surface area (Å²) in [7, 11) is -3.71. The summed E-state index contributed by atoms with van der Waals surface area (Å²) >= 11 is 3.38. The summed E-state index contributed by atoms with van der Waals surface area (Å²) < 4.78 is 27.7. The molecule has 2 aromatic carbocycles. The van der Waals surface area contributed by atoms with Crippen LogP contribution in [0.25, 0.3) is 10.8 Å². The van der Waals surface area contributed by atoms with E-state index in [1.165, 1.54) is 4.31 Å². The molecule has 8 heteroatoms. The van der Waals surface area contributed by atoms with Gasteiger partial charge in [0.2, 0.25) is 10.0 Å². The highest BCUT2D eigenvalue weighted by Gasteiger charge is 2.33. The molecule has 1 aliphatic rings. The summed E-state index contributed by atoms with van der Waals surface area (Å²) in [6.07, 6.45) is 0. The van der Waals surface area contributed by atoms with Crippen LogP contribution in [0.15, 0.2) is 45.8 Å². The number of nitrogens with one attached hydrogen (secondary N) is 1. The minimum atomic E-state index is -3.71. The van der Waals surface area contributed by atoms with E-state index >= 15 is 0 Å². The van der Waals surface area contributed by atoms with Crippen LogP contribution in [-0.2, 0) is 14.8 Å². The highest BCUT2D eigenvalue weighted by Crippen LogP contribution is 2.25. The van der Waals surface area contributed by atoms with Gasteiger partial charge in [-0.2, -0.15) is 4.31 Å². The SMILES string of the molecule is O=C(O)C1CN(S(=O)(=O)c2ccc3cc(Br)ccc3c2)CCN1. The Morgan fingerprint density at radius 1 is 1.22 bits per heavy atom. The van der Waals surface area contributed by atoms with E-state index in [-0.39, 0.29) is 18.0 Å². The summed E-state index contributed by atoms with van der Waals surface area (Å²) in [6, 6.07) is 9.66. The van der Waals surface area contributed by atoms with Gasteiger partial charge in [-0.3, -0.25) is 4.79 Å². The van der Waals surface area contributed by atoms with Crippen molar-refractivity contribution >= 4 is 42.7 Å². The fourth-order valence-corrected chi connectivity index (χ4v) is 4.48. The molecule has 0 saturated carbocycles. The van der Waals surface area contributed by atoms with Gasteiger partial charge in [-0.1, -0.05) is 28.1 Å². The average Bonchev–Trinajstić information content (AvgIpc) is 2.54. The predicted molar refractivity (Wildman–Crippen MR) is 89.8 cm³/mol. The molecule has 6 nitrogen and oxygen atoms in total. The Hall–Kier alpha value is -1.48. The standard InChI is InChI=1S/C15H15BrN2O4S/c16-12-3-1-11-8-13(4-2-10(11)7-12)23(21,22)18-6-5-17-14(9-18)15(19)20/h1-4,7-8,14,17H,5-6,9H2,(H,19,20). The van der Waals surface area contributed by atoms with Crippen molar-refractivity contribution in [1.82, 2.24) is 9.62 Å². The first-order valence-corrected chi connectivity index (χ1v) is 9.27. The molecule has 3 rings (SSSR count). The van der Waals surface area contributed by atoms with Gasteiger partial charge in [-0.15, -0.1) is 0 Å². The van der Waals surface area contributed by atoms with Crippen molar-refractivity contribution in [2.45, 2.75) is 10.9 Å². The monoisotopic (exact) mass is 398 g/mol. The van der Waals surface area contributed by atoms with E-state index in [9.17, 15) is 13.2 Å². The molecule has 1 aliphatic heterocycles. The fraction of sp³-hybridized carbons (Fsp3) is 0.267. The van der Waals surface area contributed by atoms with E-state index < -0.39 is 22.0 Å². The fourth-order valence-electron chi connectivity index (χ4n) is 2.61. The predicted octanol–water partition coefficient (Wildman–Crippen LogP) is 1.65. The van der Waals surface area contributed by atoms with Gasteiger partial charge in [0.05, 0.1) is 4.90 Å². The van der Waals surface area contributed by atoms with Crippen LogP contribution in [0.2, 0.25) is 0 Å². The molecule has 0 radical (unpaired) electrons. The van der Waals surface area contributed by atoms with Crippen LogP contribution in [0.3, 0.4) is 0 Å². The number of piperazine rings is 1. The summed E-state index contributed by atoms with van der Waals surface area (Å²) in [4.78, 5) is 11.3. The lowest BCUT2D eigenvalue weighted by Gasteiger charge is -2.30. The maximum atomic E-state index is 12.8. The van der Waals surface area contributed by atoms with Gasteiger partial charge in [0.15, 0.2) is 0 Å². The van der Waals surface area contributed by atoms with Crippen LogP contribution >= 0.6 is 15.9 Å². The van der Waals surface area contributed by atoms with Crippen LogP contribution in [0.4, 0.5) is 0 Å². The number of hydrogen-bond donors (Lipinski definition) is 2. The number of aliphatic carboxylic acids is 1. The lowest BCUT2D eigenvalue weighted by atomic mass is 10.1. The molecule has 2 N–H and O–H groups in total. The Morgan fingerprint density at radius 2 is 1.91 bits per heavy atom. The van der Waals surface area contributed by atoms with Crippen LogP contribution in [0.1, 0.15) is 0 Å². The van der Waals surface area contributed by atoms with E-state index in [0.717, 1.165) is 15.2 Å². The maximum absolute atomic E-state index is 12.8. The number of carboxylic acid groups (broad SMARTS) is 1. The summed E-state index contributed by atoms with van der Waals surface area (Å²) in [5, 5.41) is 13.6. The van der Waals surface area contributed by atoms with Gasteiger partial charge in [0.25, 0.3) is 0 Å². The summed E-state index contributed by atoms with van der Waals surface area (Å²) in [6.45, 7) is 0.497. The van der Waals surface area contributed by atoms with Crippen LogP contribution < -0.4 is 5.32 Å². The smallest absolute Gasteiger partial charge is 0.322 e. The molecule has 0 aromatic heterocycles. The van der Waals surface area contributed by atoms with Gasteiger partial charge in [0, 0.05) is 24.1 Å². The zero-order valence-corrected chi connectivity index (χ0v) is 14.5. The minimum absolute atomic E-state index is 0.0734. The maximum Gasteiger partial charge on any atom is 0.322 e. The number of fused-ring (bicyclic) bond motifs is 1. The zero-order chi connectivity index (χ0) is 16.6. The number of sulfonamides is 1. The molecular weight excluding hydrogens is 384 g/mol. The molecule has 1 unspecified atom stereocenters. The van der Waals surface area contributed by atoms with Crippen molar-refractivity contribution in [2.75, 3.05) is 19.6 Å². The van der Waals surface area contributed by atoms with Crippen molar-refractivity contribution in [2.24, 2.45) is 0 Å². The first-order valence-electron chi connectivity index (χ1n) is 7.03. The van der Waals surface area contributed by atoms with Gasteiger partial charge in [0.1, 0.15) is 6.04 Å². The molecule has 1 heterocycles. The topological polar surface area (TPSA) is 86.7 Å². The van der Waals surface area contributed by atoms with E-state index in [4.69, 9.17) is 5.11 Å². The average molecular weight is 399 g/mol. The van der Waals surface area contributed by atoms with E-state index in [1.807, 2.05) is 18.2 Å². The largest absolute Gasteiger partial charge is 0.480 e. The first kappa shape index (κ1) is 16.4. The Kier molecular flexibility index (Phi) is 4.41. The number of carboxylic acids is 1. The second-order valence-electron chi connectivity index (χ2n) is 5.36. The molecule has 1 fully saturated rings. The van der Waals surface area contributed by atoms with Gasteiger partial charge >= 0.3 is 5.97 Å². The molecule has 1 saturated heterocycles. The Morgan fingerprint density at radius 3 is 2.65 bits per heavy atom. The first-order chi connectivity index (χ1) is 10.9. The van der Waals surface area contributed by atoms with Crippen molar-refractivity contribution in [3.63, 3.8) is 0 Å². The molecule has 1 atom stereocenters. The number of rotatable bonds is 3. The number of nitrogens with zero attached hydrogens (tertiary/aromatic N) is 1. The van der Waals surface area contributed by atoms with Crippen molar-refractivity contribution in [3.05, 3.63) is 40.9 Å². The minimum Gasteiger partial charge on any atom is -0.480 e. The molecule has 122 valence electrons. The molecule has 0 spiro atoms. The number of carbonyl (C=O) groups is 1. The van der Waals surface area contributed by atoms with Crippen molar-refractivity contribution in [1.29, 1.82) is 0 Å². The van der Waals surface area contributed by atoms with Crippen molar-refractivity contribution in [3.8, 4) is 0 Å². The van der Waals surface area contributed by atoms with E-state index in [2.05, 4.69) is 21.2 Å².